The Balaban J connectivity index is 0.00000484. The summed E-state index contributed by atoms with van der Waals surface area (Å²) in [6, 6.07) is 9.73. The Morgan fingerprint density at radius 3 is 2.17 bits per heavy atom. The molecule has 0 aliphatic heterocycles. The Kier molecular flexibility index (Phi) is 9.53. The van der Waals surface area contributed by atoms with Gasteiger partial charge in [-0.2, -0.15) is 0 Å². The van der Waals surface area contributed by atoms with E-state index in [0.29, 0.717) is 13.0 Å². The molecule has 0 aliphatic rings. The normalized spacial score (nSPS) is 12.3. The van der Waals surface area contributed by atoms with Crippen LogP contribution in [0.15, 0.2) is 30.3 Å². The molecule has 0 radical (unpaired) electrons. The summed E-state index contributed by atoms with van der Waals surface area (Å²) in [5.74, 6) is -2.53. The Bertz CT molecular complexity index is 479. The fourth-order valence-electron chi connectivity index (χ4n) is 2.84. The lowest BCUT2D eigenvalue weighted by Gasteiger charge is -2.28. The van der Waals surface area contributed by atoms with Gasteiger partial charge in [0.25, 0.3) is 0 Å². The number of carboxylic acid groups (broad SMARTS) is 2. The van der Waals surface area contributed by atoms with Crippen molar-refractivity contribution >= 4 is 24.3 Å². The second-order valence-electron chi connectivity index (χ2n) is 5.74. The number of aliphatic carboxylic acids is 2. The van der Waals surface area contributed by atoms with E-state index in [1.807, 2.05) is 30.3 Å². The number of carbonyl (C=O) groups is 2. The van der Waals surface area contributed by atoms with Gasteiger partial charge in [0.05, 0.1) is 0 Å². The third-order valence-corrected chi connectivity index (χ3v) is 4.24. The zero-order valence-electron chi connectivity index (χ0n) is 13.4. The van der Waals surface area contributed by atoms with Crippen LogP contribution in [-0.2, 0) is 16.0 Å². The summed E-state index contributed by atoms with van der Waals surface area (Å²) < 4.78 is 0. The van der Waals surface area contributed by atoms with Crippen molar-refractivity contribution in [1.29, 1.82) is 0 Å². The second-order valence-corrected chi connectivity index (χ2v) is 5.74. The summed E-state index contributed by atoms with van der Waals surface area (Å²) in [6.07, 6.45) is 2.36. The van der Waals surface area contributed by atoms with Gasteiger partial charge in [-0.3, -0.25) is 9.59 Å². The largest absolute Gasteiger partial charge is 0.480 e. The molecule has 23 heavy (non-hydrogen) atoms. The van der Waals surface area contributed by atoms with Gasteiger partial charge in [-0.15, -0.1) is 12.4 Å². The molecule has 5 nitrogen and oxygen atoms in total. The standard InChI is InChI=1S/C17H25NO4.ClH/c1-2-17(15(19)20,16(21)22)12-14(9-6-10-18)11-13-7-4-3-5-8-13;/h3-5,7-8,14H,2,6,9-12,18H2,1H3,(H,19,20)(H,21,22);1H. The Morgan fingerprint density at radius 1 is 1.17 bits per heavy atom. The van der Waals surface area contributed by atoms with Gasteiger partial charge in [-0.05, 0) is 50.1 Å². The van der Waals surface area contributed by atoms with Crippen LogP contribution in [-0.4, -0.2) is 28.7 Å². The molecular formula is C17H26ClNO4. The number of hydrogen-bond acceptors (Lipinski definition) is 3. The summed E-state index contributed by atoms with van der Waals surface area (Å²) in [6.45, 7) is 2.13. The highest BCUT2D eigenvalue weighted by molar-refractivity contribution is 5.98. The van der Waals surface area contributed by atoms with Gasteiger partial charge >= 0.3 is 11.9 Å². The van der Waals surface area contributed by atoms with Gasteiger partial charge in [0, 0.05) is 0 Å². The minimum absolute atomic E-state index is 0. The number of nitrogens with two attached hydrogens (primary N) is 1. The molecule has 0 amide bonds. The number of benzene rings is 1. The lowest BCUT2D eigenvalue weighted by atomic mass is 9.74. The minimum atomic E-state index is -1.71. The van der Waals surface area contributed by atoms with Crippen LogP contribution in [0.2, 0.25) is 0 Å². The predicted molar refractivity (Wildman–Crippen MR) is 91.8 cm³/mol. The van der Waals surface area contributed by atoms with E-state index in [1.54, 1.807) is 6.92 Å². The average Bonchev–Trinajstić information content (AvgIpc) is 2.50. The number of carboxylic acids is 2. The monoisotopic (exact) mass is 343 g/mol. The summed E-state index contributed by atoms with van der Waals surface area (Å²) in [7, 11) is 0. The van der Waals surface area contributed by atoms with Crippen LogP contribution < -0.4 is 5.73 Å². The molecule has 0 heterocycles. The smallest absolute Gasteiger partial charge is 0.321 e. The molecule has 0 aliphatic carbocycles. The zero-order valence-corrected chi connectivity index (χ0v) is 14.2. The maximum Gasteiger partial charge on any atom is 0.321 e. The van der Waals surface area contributed by atoms with Crippen LogP contribution in [0.4, 0.5) is 0 Å². The van der Waals surface area contributed by atoms with Gasteiger partial charge in [0.15, 0.2) is 5.41 Å². The topological polar surface area (TPSA) is 101 Å². The molecule has 0 aromatic heterocycles. The van der Waals surface area contributed by atoms with Gasteiger partial charge in [-0.1, -0.05) is 37.3 Å². The average molecular weight is 344 g/mol. The molecule has 0 saturated heterocycles. The SMILES string of the molecule is CCC(CC(CCCN)Cc1ccccc1)(C(=O)O)C(=O)O.Cl. The van der Waals surface area contributed by atoms with Crippen molar-refractivity contribution in [1.82, 2.24) is 0 Å². The molecule has 1 rings (SSSR count). The Hall–Kier alpha value is -1.59. The minimum Gasteiger partial charge on any atom is -0.480 e. The summed E-state index contributed by atoms with van der Waals surface area (Å²) in [4.78, 5) is 23.1. The first-order valence-corrected chi connectivity index (χ1v) is 7.67. The molecule has 4 N–H and O–H groups in total. The number of hydrogen-bond donors (Lipinski definition) is 3. The first-order valence-electron chi connectivity index (χ1n) is 7.67. The van der Waals surface area contributed by atoms with Gasteiger partial charge in [-0.25, -0.2) is 0 Å². The number of halogens is 1. The van der Waals surface area contributed by atoms with Crippen LogP contribution in [0.25, 0.3) is 0 Å². The van der Waals surface area contributed by atoms with Crippen molar-refractivity contribution in [3.05, 3.63) is 35.9 Å². The zero-order chi connectivity index (χ0) is 16.6. The molecular weight excluding hydrogens is 318 g/mol. The molecule has 1 unspecified atom stereocenters. The summed E-state index contributed by atoms with van der Waals surface area (Å²) in [5.41, 5.74) is 4.93. The molecule has 0 bridgehead atoms. The quantitative estimate of drug-likeness (QED) is 0.567. The maximum absolute atomic E-state index is 11.6. The van der Waals surface area contributed by atoms with E-state index >= 15 is 0 Å². The summed E-state index contributed by atoms with van der Waals surface area (Å²) >= 11 is 0. The van der Waals surface area contributed by atoms with E-state index < -0.39 is 17.4 Å². The fraction of sp³-hybridized carbons (Fsp3) is 0.529. The van der Waals surface area contributed by atoms with E-state index in [-0.39, 0.29) is 31.2 Å². The van der Waals surface area contributed by atoms with Crippen LogP contribution in [0, 0.1) is 11.3 Å². The van der Waals surface area contributed by atoms with E-state index in [4.69, 9.17) is 5.73 Å². The van der Waals surface area contributed by atoms with E-state index in [1.165, 1.54) is 0 Å². The van der Waals surface area contributed by atoms with Gasteiger partial charge in [0.1, 0.15) is 0 Å². The highest BCUT2D eigenvalue weighted by Gasteiger charge is 2.46. The first-order chi connectivity index (χ1) is 10.5. The van der Waals surface area contributed by atoms with Crippen molar-refractivity contribution in [2.75, 3.05) is 6.54 Å². The number of rotatable bonds is 10. The predicted octanol–water partition coefficient (Wildman–Crippen LogP) is 2.96. The lowest BCUT2D eigenvalue weighted by molar-refractivity contribution is -0.166. The molecule has 0 fully saturated rings. The van der Waals surface area contributed by atoms with Crippen molar-refractivity contribution < 1.29 is 19.8 Å². The van der Waals surface area contributed by atoms with Crippen LogP contribution in [0.1, 0.15) is 38.2 Å². The molecule has 1 aromatic rings. The second kappa shape index (κ2) is 10.2. The van der Waals surface area contributed by atoms with Gasteiger partial charge in [0.2, 0.25) is 0 Å². The molecule has 1 atom stereocenters. The van der Waals surface area contributed by atoms with Gasteiger partial charge < -0.3 is 15.9 Å². The van der Waals surface area contributed by atoms with E-state index in [9.17, 15) is 19.8 Å². The molecule has 130 valence electrons. The fourth-order valence-corrected chi connectivity index (χ4v) is 2.84. The van der Waals surface area contributed by atoms with Crippen LogP contribution >= 0.6 is 12.4 Å². The Labute approximate surface area is 143 Å². The third-order valence-electron chi connectivity index (χ3n) is 4.24. The highest BCUT2D eigenvalue weighted by atomic mass is 35.5. The first kappa shape index (κ1) is 21.4. The van der Waals surface area contributed by atoms with E-state index in [2.05, 4.69) is 0 Å². The Morgan fingerprint density at radius 2 is 1.74 bits per heavy atom. The van der Waals surface area contributed by atoms with Crippen molar-refractivity contribution in [2.45, 2.75) is 39.0 Å². The van der Waals surface area contributed by atoms with Crippen molar-refractivity contribution in [3.8, 4) is 0 Å². The van der Waals surface area contributed by atoms with Crippen LogP contribution in [0.3, 0.4) is 0 Å². The summed E-state index contributed by atoms with van der Waals surface area (Å²) in [5, 5.41) is 18.9. The molecule has 0 saturated carbocycles. The molecule has 0 spiro atoms. The van der Waals surface area contributed by atoms with Crippen molar-refractivity contribution in [2.24, 2.45) is 17.1 Å². The maximum atomic E-state index is 11.6. The van der Waals surface area contributed by atoms with Crippen molar-refractivity contribution in [3.63, 3.8) is 0 Å². The molecule has 1 aromatic carbocycles. The highest BCUT2D eigenvalue weighted by Crippen LogP contribution is 2.34. The van der Waals surface area contributed by atoms with Crippen LogP contribution in [0.5, 0.6) is 0 Å². The lowest BCUT2D eigenvalue weighted by Crippen LogP contribution is -2.41. The molecule has 6 heteroatoms. The van der Waals surface area contributed by atoms with E-state index in [0.717, 1.165) is 18.4 Å². The third kappa shape index (κ3) is 5.84.